The third-order valence-corrected chi connectivity index (χ3v) is 2.79. The minimum absolute atomic E-state index is 0.166. The average Bonchev–Trinajstić information content (AvgIpc) is 2.66. The second-order valence-electron chi connectivity index (χ2n) is 4.36. The molecule has 0 radical (unpaired) electrons. The summed E-state index contributed by atoms with van der Waals surface area (Å²) in [6, 6.07) is 2.03. The van der Waals surface area contributed by atoms with Crippen LogP contribution >= 0.6 is 0 Å². The molecule has 0 aliphatic heterocycles. The molecular weight excluding hydrogens is 218 g/mol. The zero-order valence-electron chi connectivity index (χ0n) is 10.1. The van der Waals surface area contributed by atoms with E-state index in [1.807, 2.05) is 24.5 Å². The molecule has 2 aromatic rings. The largest absolute Gasteiger partial charge is 0.481 e. The predicted molar refractivity (Wildman–Crippen MR) is 64.0 cm³/mol. The molecule has 0 aliphatic rings. The van der Waals surface area contributed by atoms with E-state index >= 15 is 0 Å². The van der Waals surface area contributed by atoms with Gasteiger partial charge in [-0.05, 0) is 26.8 Å². The summed E-state index contributed by atoms with van der Waals surface area (Å²) in [4.78, 5) is 19.5. The van der Waals surface area contributed by atoms with Gasteiger partial charge in [0.1, 0.15) is 17.3 Å². The summed E-state index contributed by atoms with van der Waals surface area (Å²) >= 11 is 0. The fourth-order valence-corrected chi connectivity index (χ4v) is 1.93. The summed E-state index contributed by atoms with van der Waals surface area (Å²) in [5.41, 5.74) is 1.67. The Balaban J connectivity index is 2.70. The lowest BCUT2D eigenvalue weighted by molar-refractivity contribution is -0.138. The Bertz CT molecular complexity index is 560. The fraction of sp³-hybridized carbons (Fsp3) is 0.417. The number of hydrogen-bond acceptors (Lipinski definition) is 3. The molecule has 0 bridgehead atoms. The fourth-order valence-electron chi connectivity index (χ4n) is 1.93. The first-order valence-corrected chi connectivity index (χ1v) is 5.57. The molecule has 90 valence electrons. The zero-order chi connectivity index (χ0) is 12.6. The van der Waals surface area contributed by atoms with Crippen LogP contribution in [0.15, 0.2) is 18.5 Å². The van der Waals surface area contributed by atoms with Crippen LogP contribution in [0.5, 0.6) is 0 Å². The van der Waals surface area contributed by atoms with Gasteiger partial charge in [0.25, 0.3) is 0 Å². The molecule has 2 heterocycles. The highest BCUT2D eigenvalue weighted by atomic mass is 16.4. The Morgan fingerprint density at radius 1 is 1.41 bits per heavy atom. The van der Waals surface area contributed by atoms with E-state index in [1.54, 1.807) is 19.3 Å². The standard InChI is InChI=1S/C12H15N3O2/c1-7(2)15-10-4-5-13-6-9(10)14-11(15)8(3)12(16)17/h4-8H,1-3H3,(H,16,17). The monoisotopic (exact) mass is 233 g/mol. The van der Waals surface area contributed by atoms with E-state index < -0.39 is 11.9 Å². The molecular formula is C12H15N3O2. The van der Waals surface area contributed by atoms with Crippen molar-refractivity contribution in [3.8, 4) is 0 Å². The highest BCUT2D eigenvalue weighted by Gasteiger charge is 2.23. The second-order valence-corrected chi connectivity index (χ2v) is 4.36. The highest BCUT2D eigenvalue weighted by molar-refractivity contribution is 5.79. The van der Waals surface area contributed by atoms with Crippen molar-refractivity contribution in [1.29, 1.82) is 0 Å². The number of carboxylic acids is 1. The smallest absolute Gasteiger partial charge is 0.313 e. The topological polar surface area (TPSA) is 68.0 Å². The Kier molecular flexibility index (Phi) is 2.83. The number of imidazole rings is 1. The van der Waals surface area contributed by atoms with Gasteiger partial charge in [-0.15, -0.1) is 0 Å². The molecule has 0 saturated heterocycles. The molecule has 0 amide bonds. The summed E-state index contributed by atoms with van der Waals surface area (Å²) in [7, 11) is 0. The first-order chi connectivity index (χ1) is 8.02. The van der Waals surface area contributed by atoms with Crippen molar-refractivity contribution in [3.05, 3.63) is 24.3 Å². The van der Waals surface area contributed by atoms with Gasteiger partial charge in [0, 0.05) is 12.2 Å². The number of fused-ring (bicyclic) bond motifs is 1. The third-order valence-electron chi connectivity index (χ3n) is 2.79. The van der Waals surface area contributed by atoms with Crippen molar-refractivity contribution in [1.82, 2.24) is 14.5 Å². The summed E-state index contributed by atoms with van der Waals surface area (Å²) in [5.74, 6) is -0.907. The number of aliphatic carboxylic acids is 1. The summed E-state index contributed by atoms with van der Waals surface area (Å²) in [5, 5.41) is 9.10. The Morgan fingerprint density at radius 2 is 2.12 bits per heavy atom. The molecule has 5 heteroatoms. The molecule has 0 aliphatic carbocycles. The maximum Gasteiger partial charge on any atom is 0.313 e. The lowest BCUT2D eigenvalue weighted by Gasteiger charge is -2.15. The molecule has 1 unspecified atom stereocenters. The summed E-state index contributed by atoms with van der Waals surface area (Å²) < 4.78 is 1.95. The molecule has 1 atom stereocenters. The van der Waals surface area contributed by atoms with Crippen LogP contribution in [0.2, 0.25) is 0 Å². The van der Waals surface area contributed by atoms with Crippen molar-refractivity contribution < 1.29 is 9.90 Å². The maximum absolute atomic E-state index is 11.1. The summed E-state index contributed by atoms with van der Waals surface area (Å²) in [6.45, 7) is 5.68. The van der Waals surface area contributed by atoms with Crippen molar-refractivity contribution in [2.75, 3.05) is 0 Å². The van der Waals surface area contributed by atoms with Gasteiger partial charge in [0.2, 0.25) is 0 Å². The molecule has 2 aromatic heterocycles. The molecule has 0 spiro atoms. The third kappa shape index (κ3) is 1.88. The van der Waals surface area contributed by atoms with Crippen molar-refractivity contribution in [3.63, 3.8) is 0 Å². The van der Waals surface area contributed by atoms with E-state index in [2.05, 4.69) is 9.97 Å². The molecule has 0 aromatic carbocycles. The van der Waals surface area contributed by atoms with Gasteiger partial charge in [0.15, 0.2) is 0 Å². The quantitative estimate of drug-likeness (QED) is 0.882. The van der Waals surface area contributed by atoms with E-state index in [4.69, 9.17) is 5.11 Å². The molecule has 2 rings (SSSR count). The van der Waals surface area contributed by atoms with Crippen LogP contribution in [0.4, 0.5) is 0 Å². The number of carbonyl (C=O) groups is 1. The van der Waals surface area contributed by atoms with Gasteiger partial charge >= 0.3 is 5.97 Å². The normalized spacial score (nSPS) is 13.2. The minimum Gasteiger partial charge on any atom is -0.481 e. The van der Waals surface area contributed by atoms with E-state index in [1.165, 1.54) is 0 Å². The Morgan fingerprint density at radius 3 is 2.71 bits per heavy atom. The molecule has 0 fully saturated rings. The molecule has 1 N–H and O–H groups in total. The zero-order valence-corrected chi connectivity index (χ0v) is 10.1. The molecule has 0 saturated carbocycles. The van der Waals surface area contributed by atoms with Crippen LogP contribution in [0.1, 0.15) is 38.6 Å². The average molecular weight is 233 g/mol. The van der Waals surface area contributed by atoms with Crippen molar-refractivity contribution in [2.45, 2.75) is 32.7 Å². The maximum atomic E-state index is 11.1. The summed E-state index contributed by atoms with van der Waals surface area (Å²) in [6.07, 6.45) is 3.35. The van der Waals surface area contributed by atoms with E-state index in [0.29, 0.717) is 5.82 Å². The predicted octanol–water partition coefficient (Wildman–Crippen LogP) is 2.20. The molecule has 5 nitrogen and oxygen atoms in total. The van der Waals surface area contributed by atoms with Gasteiger partial charge in [-0.2, -0.15) is 0 Å². The first kappa shape index (κ1) is 11.6. The van der Waals surface area contributed by atoms with Gasteiger partial charge in [-0.3, -0.25) is 9.78 Å². The van der Waals surface area contributed by atoms with Crippen LogP contribution in [-0.4, -0.2) is 25.6 Å². The number of rotatable bonds is 3. The van der Waals surface area contributed by atoms with Crippen LogP contribution in [0.25, 0.3) is 11.0 Å². The lowest BCUT2D eigenvalue weighted by atomic mass is 10.1. The Labute approximate surface area is 99.1 Å². The second kappa shape index (κ2) is 4.16. The number of aromatic nitrogens is 3. The lowest BCUT2D eigenvalue weighted by Crippen LogP contribution is -2.15. The van der Waals surface area contributed by atoms with Gasteiger partial charge in [-0.1, -0.05) is 0 Å². The van der Waals surface area contributed by atoms with E-state index in [-0.39, 0.29) is 6.04 Å². The number of hydrogen-bond donors (Lipinski definition) is 1. The number of pyridine rings is 1. The first-order valence-electron chi connectivity index (χ1n) is 5.57. The molecule has 17 heavy (non-hydrogen) atoms. The highest BCUT2D eigenvalue weighted by Crippen LogP contribution is 2.25. The SMILES string of the molecule is CC(C(=O)O)c1nc2cnccc2n1C(C)C. The minimum atomic E-state index is -0.866. The van der Waals surface area contributed by atoms with Crippen LogP contribution in [0, 0.1) is 0 Å². The van der Waals surface area contributed by atoms with Crippen LogP contribution in [-0.2, 0) is 4.79 Å². The Hall–Kier alpha value is -1.91. The van der Waals surface area contributed by atoms with Crippen LogP contribution < -0.4 is 0 Å². The van der Waals surface area contributed by atoms with Gasteiger partial charge < -0.3 is 9.67 Å². The van der Waals surface area contributed by atoms with Crippen molar-refractivity contribution in [2.24, 2.45) is 0 Å². The van der Waals surface area contributed by atoms with E-state index in [9.17, 15) is 4.79 Å². The van der Waals surface area contributed by atoms with Gasteiger partial charge in [-0.25, -0.2) is 4.98 Å². The van der Waals surface area contributed by atoms with Gasteiger partial charge in [0.05, 0.1) is 11.7 Å². The number of nitrogens with zero attached hydrogens (tertiary/aromatic N) is 3. The number of carboxylic acid groups (broad SMARTS) is 1. The van der Waals surface area contributed by atoms with Crippen LogP contribution in [0.3, 0.4) is 0 Å². The van der Waals surface area contributed by atoms with Crippen molar-refractivity contribution >= 4 is 17.0 Å². The van der Waals surface area contributed by atoms with E-state index in [0.717, 1.165) is 11.0 Å².